The predicted octanol–water partition coefficient (Wildman–Crippen LogP) is 2.77. The number of amides is 1. The summed E-state index contributed by atoms with van der Waals surface area (Å²) in [6.07, 6.45) is 1.80. The van der Waals surface area contributed by atoms with Gasteiger partial charge in [0, 0.05) is 32.2 Å². The highest BCUT2D eigenvalue weighted by Crippen LogP contribution is 2.18. The van der Waals surface area contributed by atoms with Gasteiger partial charge in [0.15, 0.2) is 0 Å². The number of carbonyl (C=O) groups is 1. The van der Waals surface area contributed by atoms with Crippen LogP contribution in [-0.2, 0) is 4.79 Å². The number of halogens is 1. The Bertz CT molecular complexity index is 793. The van der Waals surface area contributed by atoms with Crippen LogP contribution in [0.25, 0.3) is 0 Å². The summed E-state index contributed by atoms with van der Waals surface area (Å²) in [5.74, 6) is 2.10. The summed E-state index contributed by atoms with van der Waals surface area (Å²) < 4.78 is 24.1. The average Bonchev–Trinajstić information content (AvgIpc) is 2.74. The highest BCUT2D eigenvalue weighted by atomic mass is 19.1. The second kappa shape index (κ2) is 10.0. The first kappa shape index (κ1) is 20.8. The van der Waals surface area contributed by atoms with Crippen molar-refractivity contribution in [1.29, 1.82) is 0 Å². The van der Waals surface area contributed by atoms with Gasteiger partial charge in [-0.25, -0.2) is 14.4 Å². The van der Waals surface area contributed by atoms with Crippen molar-refractivity contribution in [1.82, 2.24) is 14.9 Å². The van der Waals surface area contributed by atoms with E-state index in [9.17, 15) is 9.18 Å². The van der Waals surface area contributed by atoms with E-state index in [0.29, 0.717) is 50.3 Å². The van der Waals surface area contributed by atoms with Crippen molar-refractivity contribution in [3.8, 4) is 11.6 Å². The Morgan fingerprint density at radius 1 is 1.10 bits per heavy atom. The fourth-order valence-electron chi connectivity index (χ4n) is 2.96. The Labute approximate surface area is 170 Å². The molecule has 0 radical (unpaired) electrons. The summed E-state index contributed by atoms with van der Waals surface area (Å²) in [4.78, 5) is 24.9. The van der Waals surface area contributed by atoms with E-state index in [1.807, 2.05) is 11.0 Å². The maximum Gasteiger partial charge on any atom is 0.226 e. The Morgan fingerprint density at radius 2 is 1.83 bits per heavy atom. The van der Waals surface area contributed by atoms with Crippen molar-refractivity contribution in [2.45, 2.75) is 20.3 Å². The van der Waals surface area contributed by atoms with Gasteiger partial charge < -0.3 is 19.3 Å². The van der Waals surface area contributed by atoms with Crippen LogP contribution in [0.5, 0.6) is 11.6 Å². The number of hydrogen-bond acceptors (Lipinski definition) is 6. The second-order valence-electron chi connectivity index (χ2n) is 7.34. The molecule has 0 spiro atoms. The largest absolute Gasteiger partial charge is 0.493 e. The molecule has 1 amide bonds. The highest BCUT2D eigenvalue weighted by molar-refractivity contribution is 5.76. The topological polar surface area (TPSA) is 67.8 Å². The molecular formula is C21H27FN4O3. The van der Waals surface area contributed by atoms with Crippen molar-refractivity contribution in [2.75, 3.05) is 44.3 Å². The van der Waals surface area contributed by atoms with Crippen molar-refractivity contribution in [3.05, 3.63) is 42.5 Å². The number of aromatic nitrogens is 2. The molecular weight excluding hydrogens is 375 g/mol. The van der Waals surface area contributed by atoms with Crippen molar-refractivity contribution >= 4 is 11.7 Å². The molecule has 0 saturated carbocycles. The zero-order valence-corrected chi connectivity index (χ0v) is 16.9. The van der Waals surface area contributed by atoms with Crippen LogP contribution >= 0.6 is 0 Å². The van der Waals surface area contributed by atoms with E-state index >= 15 is 0 Å². The van der Waals surface area contributed by atoms with Crippen LogP contribution in [-0.4, -0.2) is 60.2 Å². The summed E-state index contributed by atoms with van der Waals surface area (Å²) in [5, 5.41) is 0. The maximum atomic E-state index is 12.9. The van der Waals surface area contributed by atoms with E-state index in [4.69, 9.17) is 9.47 Å². The van der Waals surface area contributed by atoms with Gasteiger partial charge in [0.05, 0.1) is 19.6 Å². The molecule has 1 fully saturated rings. The Morgan fingerprint density at radius 3 is 2.52 bits per heavy atom. The molecule has 1 aromatic heterocycles. The quantitative estimate of drug-likeness (QED) is 0.676. The van der Waals surface area contributed by atoms with E-state index in [1.165, 1.54) is 18.5 Å². The third kappa shape index (κ3) is 6.30. The van der Waals surface area contributed by atoms with E-state index in [2.05, 4.69) is 28.7 Å². The predicted molar refractivity (Wildman–Crippen MR) is 108 cm³/mol. The lowest BCUT2D eigenvalue weighted by atomic mass is 10.2. The van der Waals surface area contributed by atoms with Gasteiger partial charge in [-0.2, -0.15) is 0 Å². The average molecular weight is 402 g/mol. The SMILES string of the molecule is CC(C)COc1cc(N2CCN(C(=O)CCOc3ccc(F)cc3)CC2)ncn1. The van der Waals surface area contributed by atoms with Crippen molar-refractivity contribution < 1.29 is 18.7 Å². The minimum Gasteiger partial charge on any atom is -0.493 e. The molecule has 0 atom stereocenters. The molecule has 1 aliphatic rings. The minimum atomic E-state index is -0.311. The van der Waals surface area contributed by atoms with E-state index in [0.717, 1.165) is 5.82 Å². The molecule has 0 bridgehead atoms. The third-order valence-electron chi connectivity index (χ3n) is 4.55. The first-order valence-electron chi connectivity index (χ1n) is 9.87. The van der Waals surface area contributed by atoms with E-state index in [-0.39, 0.29) is 24.8 Å². The van der Waals surface area contributed by atoms with Crippen LogP contribution < -0.4 is 14.4 Å². The molecule has 3 rings (SSSR count). The smallest absolute Gasteiger partial charge is 0.226 e. The molecule has 1 aliphatic heterocycles. The summed E-state index contributed by atoms with van der Waals surface area (Å²) in [6, 6.07) is 7.63. The number of carbonyl (C=O) groups excluding carboxylic acids is 1. The minimum absolute atomic E-state index is 0.0513. The third-order valence-corrected chi connectivity index (χ3v) is 4.55. The number of piperazine rings is 1. The summed E-state index contributed by atoms with van der Waals surface area (Å²) in [6.45, 7) is 7.71. The summed E-state index contributed by atoms with van der Waals surface area (Å²) in [7, 11) is 0. The lowest BCUT2D eigenvalue weighted by Gasteiger charge is -2.35. The number of nitrogens with zero attached hydrogens (tertiary/aromatic N) is 4. The van der Waals surface area contributed by atoms with Gasteiger partial charge in [0.1, 0.15) is 23.7 Å². The fourth-order valence-corrected chi connectivity index (χ4v) is 2.96. The molecule has 1 saturated heterocycles. The molecule has 29 heavy (non-hydrogen) atoms. The summed E-state index contributed by atoms with van der Waals surface area (Å²) >= 11 is 0. The molecule has 156 valence electrons. The molecule has 0 unspecified atom stereocenters. The van der Waals surface area contributed by atoms with Gasteiger partial charge in [-0.3, -0.25) is 4.79 Å². The van der Waals surface area contributed by atoms with E-state index in [1.54, 1.807) is 12.1 Å². The Balaban J connectivity index is 1.43. The number of benzene rings is 1. The van der Waals surface area contributed by atoms with Crippen molar-refractivity contribution in [3.63, 3.8) is 0 Å². The van der Waals surface area contributed by atoms with Crippen LogP contribution in [0.2, 0.25) is 0 Å². The first-order valence-corrected chi connectivity index (χ1v) is 9.87. The first-order chi connectivity index (χ1) is 14.0. The van der Waals surface area contributed by atoms with Gasteiger partial charge in [-0.15, -0.1) is 0 Å². The monoisotopic (exact) mass is 402 g/mol. The molecule has 2 heterocycles. The number of rotatable bonds is 8. The highest BCUT2D eigenvalue weighted by Gasteiger charge is 2.22. The maximum absolute atomic E-state index is 12.9. The van der Waals surface area contributed by atoms with Gasteiger partial charge in [-0.1, -0.05) is 13.8 Å². The second-order valence-corrected chi connectivity index (χ2v) is 7.34. The molecule has 2 aromatic rings. The molecule has 0 N–H and O–H groups in total. The van der Waals surface area contributed by atoms with Gasteiger partial charge in [-0.05, 0) is 30.2 Å². The lowest BCUT2D eigenvalue weighted by molar-refractivity contribution is -0.132. The van der Waals surface area contributed by atoms with Gasteiger partial charge >= 0.3 is 0 Å². The Hall–Kier alpha value is -2.90. The standard InChI is InChI=1S/C21H27FN4O3/c1-16(2)14-29-20-13-19(23-15-24-20)25-8-10-26(11-9-25)21(27)7-12-28-18-5-3-17(22)4-6-18/h3-6,13,15-16H,7-12,14H2,1-2H3. The van der Waals surface area contributed by atoms with Crippen LogP contribution in [0.4, 0.5) is 10.2 Å². The zero-order chi connectivity index (χ0) is 20.6. The summed E-state index contributed by atoms with van der Waals surface area (Å²) in [5.41, 5.74) is 0. The normalized spacial score (nSPS) is 14.2. The van der Waals surface area contributed by atoms with Crippen LogP contribution in [0.3, 0.4) is 0 Å². The lowest BCUT2D eigenvalue weighted by Crippen LogP contribution is -2.49. The number of ether oxygens (including phenoxy) is 2. The molecule has 0 aliphatic carbocycles. The van der Waals surface area contributed by atoms with Crippen LogP contribution in [0.1, 0.15) is 20.3 Å². The Kier molecular flexibility index (Phi) is 7.21. The van der Waals surface area contributed by atoms with Gasteiger partial charge in [0.2, 0.25) is 11.8 Å². The molecule has 7 nitrogen and oxygen atoms in total. The van der Waals surface area contributed by atoms with Crippen LogP contribution in [0, 0.1) is 11.7 Å². The number of hydrogen-bond donors (Lipinski definition) is 0. The molecule has 8 heteroatoms. The van der Waals surface area contributed by atoms with Gasteiger partial charge in [0.25, 0.3) is 0 Å². The van der Waals surface area contributed by atoms with Crippen molar-refractivity contribution in [2.24, 2.45) is 5.92 Å². The fraction of sp³-hybridized carbons (Fsp3) is 0.476. The number of anilines is 1. The van der Waals surface area contributed by atoms with E-state index < -0.39 is 0 Å². The van der Waals surface area contributed by atoms with Crippen LogP contribution in [0.15, 0.2) is 36.7 Å². The molecule has 1 aromatic carbocycles. The zero-order valence-electron chi connectivity index (χ0n) is 16.9.